The summed E-state index contributed by atoms with van der Waals surface area (Å²) in [4.78, 5) is 2.64. The van der Waals surface area contributed by atoms with Crippen LogP contribution in [0.2, 0.25) is 0 Å². The first-order chi connectivity index (χ1) is 8.33. The fraction of sp³-hybridized carbons (Fsp3) is 0.600. The van der Waals surface area contributed by atoms with Crippen molar-refractivity contribution in [3.8, 4) is 0 Å². The van der Waals surface area contributed by atoms with E-state index in [0.717, 1.165) is 19.0 Å². The lowest BCUT2D eigenvalue weighted by Crippen LogP contribution is -2.46. The van der Waals surface area contributed by atoms with Crippen LogP contribution in [0.5, 0.6) is 0 Å². The maximum Gasteiger partial charge on any atom is 0.0374 e. The predicted molar refractivity (Wildman–Crippen MR) is 87.6 cm³/mol. The maximum atomic E-state index is 3.44. The summed E-state index contributed by atoms with van der Waals surface area (Å²) in [5.41, 5.74) is 1.48. The summed E-state index contributed by atoms with van der Waals surface area (Å²) >= 11 is 0. The molecular formula is C15H26Cl2N2. The smallest absolute Gasteiger partial charge is 0.0374 e. The van der Waals surface area contributed by atoms with Gasteiger partial charge in [0.15, 0.2) is 0 Å². The van der Waals surface area contributed by atoms with Crippen molar-refractivity contribution in [1.29, 1.82) is 0 Å². The summed E-state index contributed by atoms with van der Waals surface area (Å²) in [6, 6.07) is 11.6. The molecule has 1 N–H and O–H groups in total. The van der Waals surface area contributed by atoms with Gasteiger partial charge >= 0.3 is 0 Å². The molecule has 2 rings (SSSR count). The molecule has 0 bridgehead atoms. The quantitative estimate of drug-likeness (QED) is 0.915. The molecule has 4 heteroatoms. The molecule has 2 atom stereocenters. The molecule has 1 heterocycles. The zero-order valence-electron chi connectivity index (χ0n) is 11.8. The molecule has 1 aromatic rings. The van der Waals surface area contributed by atoms with Gasteiger partial charge in [-0.2, -0.15) is 0 Å². The van der Waals surface area contributed by atoms with Crippen LogP contribution in [0.25, 0.3) is 0 Å². The van der Waals surface area contributed by atoms with Gasteiger partial charge in [0, 0.05) is 32.2 Å². The monoisotopic (exact) mass is 304 g/mol. The Balaban J connectivity index is 0.00000162. The number of hydrogen-bond acceptors (Lipinski definition) is 2. The lowest BCUT2D eigenvalue weighted by molar-refractivity contribution is 0.128. The van der Waals surface area contributed by atoms with Crippen molar-refractivity contribution in [2.24, 2.45) is 5.92 Å². The average Bonchev–Trinajstić information content (AvgIpc) is 2.41. The predicted octanol–water partition coefficient (Wildman–Crippen LogP) is 3.52. The van der Waals surface area contributed by atoms with Crippen LogP contribution in [0.4, 0.5) is 0 Å². The van der Waals surface area contributed by atoms with Crippen LogP contribution in [0, 0.1) is 5.92 Å². The molecule has 1 aromatic carbocycles. The summed E-state index contributed by atoms with van der Waals surface area (Å²) in [6.45, 7) is 9.26. The number of benzene rings is 1. The first-order valence-corrected chi connectivity index (χ1v) is 6.82. The highest BCUT2D eigenvalue weighted by molar-refractivity contribution is 5.85. The average molecular weight is 305 g/mol. The van der Waals surface area contributed by atoms with Crippen LogP contribution in [0.15, 0.2) is 30.3 Å². The zero-order valence-corrected chi connectivity index (χ0v) is 13.5. The third kappa shape index (κ3) is 4.96. The van der Waals surface area contributed by atoms with Crippen molar-refractivity contribution in [1.82, 2.24) is 10.2 Å². The minimum Gasteiger partial charge on any atom is -0.314 e. The molecule has 0 radical (unpaired) electrons. The van der Waals surface area contributed by atoms with Crippen LogP contribution >= 0.6 is 24.8 Å². The van der Waals surface area contributed by atoms with Gasteiger partial charge in [0.2, 0.25) is 0 Å². The highest BCUT2D eigenvalue weighted by atomic mass is 35.5. The SMILES string of the molecule is CCC(C)[C@H](c1ccccc1)N1CCNCC1.Cl.Cl. The second-order valence-corrected chi connectivity index (χ2v) is 5.03. The Morgan fingerprint density at radius 1 is 1.11 bits per heavy atom. The van der Waals surface area contributed by atoms with E-state index in [9.17, 15) is 0 Å². The number of hydrogen-bond donors (Lipinski definition) is 1. The standard InChI is InChI=1S/C15H24N2.2ClH/c1-3-13(2)15(14-7-5-4-6-8-14)17-11-9-16-10-12-17;;/h4-8,13,15-16H,3,9-12H2,1-2H3;2*1H/t13?,15-;;/m1../s1. The van der Waals surface area contributed by atoms with Crippen molar-refractivity contribution >= 4 is 24.8 Å². The van der Waals surface area contributed by atoms with Crippen LogP contribution in [0.3, 0.4) is 0 Å². The van der Waals surface area contributed by atoms with Crippen LogP contribution in [-0.4, -0.2) is 31.1 Å². The van der Waals surface area contributed by atoms with Crippen LogP contribution < -0.4 is 5.32 Å². The molecule has 1 unspecified atom stereocenters. The number of rotatable bonds is 4. The van der Waals surface area contributed by atoms with Crippen molar-refractivity contribution in [3.63, 3.8) is 0 Å². The van der Waals surface area contributed by atoms with Gasteiger partial charge in [-0.05, 0) is 11.5 Å². The summed E-state index contributed by atoms with van der Waals surface area (Å²) in [6.07, 6.45) is 1.24. The Morgan fingerprint density at radius 3 is 2.21 bits per heavy atom. The lowest BCUT2D eigenvalue weighted by Gasteiger charge is -2.38. The van der Waals surface area contributed by atoms with Gasteiger partial charge in [0.1, 0.15) is 0 Å². The largest absolute Gasteiger partial charge is 0.314 e. The first-order valence-electron chi connectivity index (χ1n) is 6.82. The van der Waals surface area contributed by atoms with E-state index < -0.39 is 0 Å². The minimum absolute atomic E-state index is 0. The molecule has 19 heavy (non-hydrogen) atoms. The van der Waals surface area contributed by atoms with Gasteiger partial charge in [0.25, 0.3) is 0 Å². The van der Waals surface area contributed by atoms with E-state index in [4.69, 9.17) is 0 Å². The molecule has 0 aromatic heterocycles. The van der Waals surface area contributed by atoms with Crippen molar-refractivity contribution in [3.05, 3.63) is 35.9 Å². The van der Waals surface area contributed by atoms with Crippen LogP contribution in [-0.2, 0) is 0 Å². The number of piperazine rings is 1. The first kappa shape index (κ1) is 18.7. The normalized spacial score (nSPS) is 18.8. The summed E-state index contributed by atoms with van der Waals surface area (Å²) in [5.74, 6) is 0.718. The Hall–Kier alpha value is -0.280. The van der Waals surface area contributed by atoms with Crippen molar-refractivity contribution in [2.75, 3.05) is 26.2 Å². The summed E-state index contributed by atoms with van der Waals surface area (Å²) in [5, 5.41) is 3.44. The van der Waals surface area contributed by atoms with Crippen molar-refractivity contribution in [2.45, 2.75) is 26.3 Å². The fourth-order valence-corrected chi connectivity index (χ4v) is 2.73. The Bertz CT molecular complexity index is 326. The van der Waals surface area contributed by atoms with E-state index in [1.165, 1.54) is 25.1 Å². The molecule has 0 amide bonds. The molecule has 0 spiro atoms. The van der Waals surface area contributed by atoms with E-state index in [1.807, 2.05) is 0 Å². The molecule has 0 saturated carbocycles. The van der Waals surface area contributed by atoms with Gasteiger partial charge in [-0.25, -0.2) is 0 Å². The van der Waals surface area contributed by atoms with Gasteiger partial charge in [0.05, 0.1) is 0 Å². The Kier molecular flexibility index (Phi) is 9.46. The lowest BCUT2D eigenvalue weighted by atomic mass is 9.90. The Morgan fingerprint density at radius 2 is 1.68 bits per heavy atom. The molecule has 1 fully saturated rings. The Labute approximate surface area is 129 Å². The van der Waals surface area contributed by atoms with E-state index in [2.05, 4.69) is 54.4 Å². The maximum absolute atomic E-state index is 3.44. The topological polar surface area (TPSA) is 15.3 Å². The molecule has 2 nitrogen and oxygen atoms in total. The van der Waals surface area contributed by atoms with Crippen LogP contribution in [0.1, 0.15) is 31.9 Å². The third-order valence-electron chi connectivity index (χ3n) is 3.87. The van der Waals surface area contributed by atoms with E-state index in [1.54, 1.807) is 0 Å². The van der Waals surface area contributed by atoms with Gasteiger partial charge in [-0.1, -0.05) is 50.6 Å². The summed E-state index contributed by atoms with van der Waals surface area (Å²) in [7, 11) is 0. The van der Waals surface area contributed by atoms with Crippen molar-refractivity contribution < 1.29 is 0 Å². The van der Waals surface area contributed by atoms with Gasteiger partial charge in [-0.15, -0.1) is 24.8 Å². The number of nitrogens with zero attached hydrogens (tertiary/aromatic N) is 1. The molecule has 110 valence electrons. The van der Waals surface area contributed by atoms with Gasteiger partial charge in [-0.3, -0.25) is 4.90 Å². The third-order valence-corrected chi connectivity index (χ3v) is 3.87. The second kappa shape index (κ2) is 9.60. The zero-order chi connectivity index (χ0) is 12.1. The fourth-order valence-electron chi connectivity index (χ4n) is 2.73. The number of nitrogens with one attached hydrogen (secondary N) is 1. The highest BCUT2D eigenvalue weighted by Crippen LogP contribution is 2.30. The van der Waals surface area contributed by atoms with E-state index in [0.29, 0.717) is 6.04 Å². The molecular weight excluding hydrogens is 279 g/mol. The summed E-state index contributed by atoms with van der Waals surface area (Å²) < 4.78 is 0. The number of halogens is 2. The van der Waals surface area contributed by atoms with E-state index >= 15 is 0 Å². The van der Waals surface area contributed by atoms with E-state index in [-0.39, 0.29) is 24.8 Å². The molecule has 1 aliphatic rings. The molecule has 1 aliphatic heterocycles. The second-order valence-electron chi connectivity index (χ2n) is 5.03. The molecule has 1 saturated heterocycles. The minimum atomic E-state index is 0. The van der Waals surface area contributed by atoms with Gasteiger partial charge < -0.3 is 5.32 Å². The highest BCUT2D eigenvalue weighted by Gasteiger charge is 2.25. The molecule has 0 aliphatic carbocycles.